The molecule has 0 bridgehead atoms. The Morgan fingerprint density at radius 1 is 0.909 bits per heavy atom. The molecule has 0 amide bonds. The van der Waals surface area contributed by atoms with Crippen LogP contribution in [0.5, 0.6) is 0 Å². The van der Waals surface area contributed by atoms with Crippen LogP contribution < -0.4 is 0 Å². The monoisotopic (exact) mass is 316 g/mol. The highest BCUT2D eigenvalue weighted by Crippen LogP contribution is 2.24. The summed E-state index contributed by atoms with van der Waals surface area (Å²) in [5.74, 6) is -0.0685. The van der Waals surface area contributed by atoms with Crippen LogP contribution in [-0.2, 0) is 21.0 Å². The molecule has 0 heterocycles. The van der Waals surface area contributed by atoms with Crippen LogP contribution >= 0.6 is 0 Å². The Hall–Kier alpha value is -1.94. The third-order valence-electron chi connectivity index (χ3n) is 3.55. The zero-order valence-electron chi connectivity index (χ0n) is 13.0. The SMILES string of the molecule is CC(C)(C)c1ccc(S(=O)(=O)Cc2ccc(C=O)cc2)cc1. The second-order valence-electron chi connectivity index (χ2n) is 6.39. The summed E-state index contributed by atoms with van der Waals surface area (Å²) < 4.78 is 24.9. The lowest BCUT2D eigenvalue weighted by Gasteiger charge is -2.19. The first-order chi connectivity index (χ1) is 10.2. The number of rotatable bonds is 4. The van der Waals surface area contributed by atoms with Gasteiger partial charge in [-0.05, 0) is 28.7 Å². The lowest BCUT2D eigenvalue weighted by Crippen LogP contribution is -2.11. The van der Waals surface area contributed by atoms with E-state index in [2.05, 4.69) is 20.8 Å². The maximum atomic E-state index is 12.4. The van der Waals surface area contributed by atoms with E-state index < -0.39 is 9.84 Å². The first-order valence-corrected chi connectivity index (χ1v) is 8.75. The molecule has 2 aromatic rings. The molecule has 0 fully saturated rings. The lowest BCUT2D eigenvalue weighted by atomic mass is 9.87. The van der Waals surface area contributed by atoms with Gasteiger partial charge in [-0.3, -0.25) is 4.79 Å². The molecule has 0 aliphatic rings. The van der Waals surface area contributed by atoms with E-state index >= 15 is 0 Å². The van der Waals surface area contributed by atoms with Crippen molar-refractivity contribution in [1.82, 2.24) is 0 Å². The molecule has 0 aliphatic heterocycles. The van der Waals surface area contributed by atoms with Gasteiger partial charge in [0.05, 0.1) is 10.6 Å². The minimum absolute atomic E-state index is 0.00699. The fourth-order valence-corrected chi connectivity index (χ4v) is 3.51. The highest BCUT2D eigenvalue weighted by atomic mass is 32.2. The molecule has 0 atom stereocenters. The summed E-state index contributed by atoms with van der Waals surface area (Å²) in [4.78, 5) is 10.9. The predicted octanol–water partition coefficient (Wildman–Crippen LogP) is 3.77. The number of aldehydes is 1. The Balaban J connectivity index is 2.24. The summed E-state index contributed by atoms with van der Waals surface area (Å²) in [7, 11) is -3.38. The molecular weight excluding hydrogens is 296 g/mol. The number of hydrogen-bond acceptors (Lipinski definition) is 3. The topological polar surface area (TPSA) is 51.2 Å². The largest absolute Gasteiger partial charge is 0.298 e. The van der Waals surface area contributed by atoms with E-state index in [1.54, 1.807) is 36.4 Å². The van der Waals surface area contributed by atoms with Gasteiger partial charge in [0, 0.05) is 5.56 Å². The van der Waals surface area contributed by atoms with Crippen molar-refractivity contribution in [1.29, 1.82) is 0 Å². The minimum atomic E-state index is -3.38. The van der Waals surface area contributed by atoms with E-state index in [0.29, 0.717) is 16.0 Å². The van der Waals surface area contributed by atoms with Gasteiger partial charge in [0.15, 0.2) is 9.84 Å². The lowest BCUT2D eigenvalue weighted by molar-refractivity contribution is 0.112. The molecule has 0 unspecified atom stereocenters. The number of carbonyl (C=O) groups is 1. The van der Waals surface area contributed by atoms with Crippen LogP contribution in [0.25, 0.3) is 0 Å². The number of benzene rings is 2. The normalized spacial score (nSPS) is 12.1. The summed E-state index contributed by atoms with van der Waals surface area (Å²) >= 11 is 0. The summed E-state index contributed by atoms with van der Waals surface area (Å²) in [6.07, 6.45) is 0.740. The molecule has 116 valence electrons. The first-order valence-electron chi connectivity index (χ1n) is 7.10. The molecule has 2 aromatic carbocycles. The van der Waals surface area contributed by atoms with E-state index in [4.69, 9.17) is 0 Å². The van der Waals surface area contributed by atoms with Crippen LogP contribution in [-0.4, -0.2) is 14.7 Å². The van der Waals surface area contributed by atoms with Gasteiger partial charge >= 0.3 is 0 Å². The second kappa shape index (κ2) is 6.05. The van der Waals surface area contributed by atoms with Gasteiger partial charge in [-0.25, -0.2) is 8.42 Å². The molecule has 22 heavy (non-hydrogen) atoms. The molecule has 0 spiro atoms. The average molecular weight is 316 g/mol. The standard InChI is InChI=1S/C18H20O3S/c1-18(2,3)16-8-10-17(11-9-16)22(20,21)13-15-6-4-14(12-19)5-7-15/h4-12H,13H2,1-3H3. The van der Waals surface area contributed by atoms with E-state index in [1.165, 1.54) is 0 Å². The Kier molecular flexibility index (Phi) is 4.52. The van der Waals surface area contributed by atoms with Crippen LogP contribution in [0.15, 0.2) is 53.4 Å². The van der Waals surface area contributed by atoms with Crippen molar-refractivity contribution in [2.24, 2.45) is 0 Å². The highest BCUT2D eigenvalue weighted by Gasteiger charge is 2.18. The van der Waals surface area contributed by atoms with Crippen molar-refractivity contribution in [3.05, 3.63) is 65.2 Å². The summed E-state index contributed by atoms with van der Waals surface area (Å²) in [6, 6.07) is 13.6. The fourth-order valence-electron chi connectivity index (χ4n) is 2.16. The third kappa shape index (κ3) is 3.83. The van der Waals surface area contributed by atoms with E-state index in [1.807, 2.05) is 12.1 Å². The van der Waals surface area contributed by atoms with Crippen molar-refractivity contribution in [3.8, 4) is 0 Å². The quantitative estimate of drug-likeness (QED) is 0.807. The predicted molar refractivity (Wildman–Crippen MR) is 87.9 cm³/mol. The first kappa shape index (κ1) is 16.4. The smallest absolute Gasteiger partial charge is 0.182 e. The average Bonchev–Trinajstić information content (AvgIpc) is 2.47. The number of sulfone groups is 1. The third-order valence-corrected chi connectivity index (χ3v) is 5.26. The molecule has 0 saturated carbocycles. The molecule has 0 aromatic heterocycles. The maximum Gasteiger partial charge on any atom is 0.182 e. The van der Waals surface area contributed by atoms with Crippen molar-refractivity contribution in [3.63, 3.8) is 0 Å². The fraction of sp³-hybridized carbons (Fsp3) is 0.278. The van der Waals surface area contributed by atoms with E-state index in [9.17, 15) is 13.2 Å². The van der Waals surface area contributed by atoms with Crippen molar-refractivity contribution < 1.29 is 13.2 Å². The molecule has 4 heteroatoms. The van der Waals surface area contributed by atoms with Gasteiger partial charge in [-0.15, -0.1) is 0 Å². The zero-order chi connectivity index (χ0) is 16.4. The van der Waals surface area contributed by atoms with Gasteiger partial charge in [0.25, 0.3) is 0 Å². The van der Waals surface area contributed by atoms with Crippen molar-refractivity contribution in [2.75, 3.05) is 0 Å². The molecular formula is C18H20O3S. The minimum Gasteiger partial charge on any atom is -0.298 e. The zero-order valence-corrected chi connectivity index (χ0v) is 13.9. The maximum absolute atomic E-state index is 12.4. The van der Waals surface area contributed by atoms with Crippen LogP contribution in [0.3, 0.4) is 0 Å². The molecule has 0 radical (unpaired) electrons. The molecule has 2 rings (SSSR count). The van der Waals surface area contributed by atoms with Crippen LogP contribution in [0.1, 0.15) is 42.3 Å². The number of carbonyl (C=O) groups excluding carboxylic acids is 1. The van der Waals surface area contributed by atoms with Crippen molar-refractivity contribution in [2.45, 2.75) is 36.8 Å². The number of hydrogen-bond donors (Lipinski definition) is 0. The van der Waals surface area contributed by atoms with Crippen LogP contribution in [0, 0.1) is 0 Å². The second-order valence-corrected chi connectivity index (χ2v) is 8.38. The summed E-state index contributed by atoms with van der Waals surface area (Å²) in [6.45, 7) is 6.27. The van der Waals surface area contributed by atoms with Gasteiger partial charge in [-0.2, -0.15) is 0 Å². The highest BCUT2D eigenvalue weighted by molar-refractivity contribution is 7.90. The van der Waals surface area contributed by atoms with E-state index in [-0.39, 0.29) is 11.2 Å². The molecule has 3 nitrogen and oxygen atoms in total. The molecule has 0 saturated heterocycles. The summed E-state index contributed by atoms with van der Waals surface area (Å²) in [5, 5.41) is 0. The van der Waals surface area contributed by atoms with Crippen LogP contribution in [0.4, 0.5) is 0 Å². The Labute approximate surface area is 131 Å². The van der Waals surface area contributed by atoms with E-state index in [0.717, 1.165) is 11.8 Å². The van der Waals surface area contributed by atoms with Crippen LogP contribution in [0.2, 0.25) is 0 Å². The van der Waals surface area contributed by atoms with Gasteiger partial charge < -0.3 is 0 Å². The van der Waals surface area contributed by atoms with Gasteiger partial charge in [0.2, 0.25) is 0 Å². The molecule has 0 aliphatic carbocycles. The Morgan fingerprint density at radius 3 is 1.91 bits per heavy atom. The van der Waals surface area contributed by atoms with Crippen molar-refractivity contribution >= 4 is 16.1 Å². The molecule has 0 N–H and O–H groups in total. The Morgan fingerprint density at radius 2 is 1.45 bits per heavy atom. The Bertz CT molecular complexity index is 749. The van der Waals surface area contributed by atoms with Gasteiger partial charge in [0.1, 0.15) is 6.29 Å². The summed E-state index contributed by atoms with van der Waals surface area (Å²) in [5.41, 5.74) is 2.30. The van der Waals surface area contributed by atoms with Gasteiger partial charge in [-0.1, -0.05) is 57.2 Å².